The van der Waals surface area contributed by atoms with E-state index in [1.165, 1.54) is 0 Å². The zero-order valence-corrected chi connectivity index (χ0v) is 10.3. The molecule has 0 aliphatic heterocycles. The Morgan fingerprint density at radius 2 is 1.88 bits per heavy atom. The highest BCUT2D eigenvalue weighted by atomic mass is 31.1. The van der Waals surface area contributed by atoms with E-state index in [9.17, 15) is 14.2 Å². The minimum atomic E-state index is -3.26. The van der Waals surface area contributed by atoms with Gasteiger partial charge in [-0.05, 0) is 5.92 Å². The summed E-state index contributed by atoms with van der Waals surface area (Å²) in [6.45, 7) is 4.43. The molecule has 0 bridgehead atoms. The Morgan fingerprint density at radius 1 is 1.38 bits per heavy atom. The van der Waals surface area contributed by atoms with Gasteiger partial charge in [0.05, 0.1) is 0 Å². The maximum atomic E-state index is 10.9. The van der Waals surface area contributed by atoms with E-state index in [1.54, 1.807) is 13.8 Å². The maximum absolute atomic E-state index is 10.9. The fraction of sp³-hybridized carbons (Fsp3) is 0.750. The molecular formula is C8H16NO6P. The van der Waals surface area contributed by atoms with Crippen LogP contribution >= 0.6 is 8.25 Å². The second kappa shape index (κ2) is 6.62. The number of carbonyl (C=O) groups excluding carboxylic acids is 1. The van der Waals surface area contributed by atoms with E-state index in [1.807, 2.05) is 0 Å². The van der Waals surface area contributed by atoms with Crippen molar-refractivity contribution in [2.75, 3.05) is 0 Å². The summed E-state index contributed by atoms with van der Waals surface area (Å²) in [4.78, 5) is 30.4. The average Bonchev–Trinajstić information content (AvgIpc) is 2.09. The molecule has 0 aliphatic rings. The second-order valence-corrected chi connectivity index (χ2v) is 4.38. The molecular weight excluding hydrogens is 237 g/mol. The standard InChI is InChI=1S/C8H16NO6P/c1-4(2)7(15-16(13)14)6(8(11)12)9-5(3)10/h4,6-7,16H,1-3H3,(H,9,10)(H,11,12)(H,13,14)/t6-,7+/m0/s1. The lowest BCUT2D eigenvalue weighted by atomic mass is 10.00. The smallest absolute Gasteiger partial charge is 0.328 e. The number of hydrogen-bond acceptors (Lipinski definition) is 4. The number of carbonyl (C=O) groups is 2. The molecule has 0 aromatic rings. The van der Waals surface area contributed by atoms with Gasteiger partial charge in [0.1, 0.15) is 6.10 Å². The summed E-state index contributed by atoms with van der Waals surface area (Å²) >= 11 is 0. The predicted molar refractivity (Wildman–Crippen MR) is 56.2 cm³/mol. The lowest BCUT2D eigenvalue weighted by Gasteiger charge is -2.26. The third kappa shape index (κ3) is 5.25. The van der Waals surface area contributed by atoms with E-state index in [2.05, 4.69) is 9.84 Å². The predicted octanol–water partition coefficient (Wildman–Crippen LogP) is -0.00110. The van der Waals surface area contributed by atoms with Gasteiger partial charge in [0, 0.05) is 6.92 Å². The van der Waals surface area contributed by atoms with Crippen molar-refractivity contribution in [3.8, 4) is 0 Å². The number of carboxylic acids is 1. The van der Waals surface area contributed by atoms with Crippen LogP contribution < -0.4 is 5.32 Å². The molecule has 0 aliphatic carbocycles. The van der Waals surface area contributed by atoms with Gasteiger partial charge in [-0.2, -0.15) is 0 Å². The molecule has 1 amide bonds. The number of amides is 1. The molecule has 16 heavy (non-hydrogen) atoms. The van der Waals surface area contributed by atoms with Crippen molar-refractivity contribution in [1.82, 2.24) is 5.32 Å². The summed E-state index contributed by atoms with van der Waals surface area (Å²) in [5.41, 5.74) is 0. The van der Waals surface area contributed by atoms with Gasteiger partial charge in [-0.15, -0.1) is 0 Å². The van der Waals surface area contributed by atoms with Crippen LogP contribution in [-0.4, -0.2) is 34.0 Å². The molecule has 0 rings (SSSR count). The summed E-state index contributed by atoms with van der Waals surface area (Å²) in [5, 5.41) is 11.1. The Hall–Kier alpha value is -0.910. The van der Waals surface area contributed by atoms with Crippen molar-refractivity contribution in [2.45, 2.75) is 32.9 Å². The van der Waals surface area contributed by atoms with Gasteiger partial charge in [-0.25, -0.2) is 4.79 Å². The van der Waals surface area contributed by atoms with Crippen molar-refractivity contribution >= 4 is 20.1 Å². The molecule has 0 heterocycles. The van der Waals surface area contributed by atoms with E-state index in [0.29, 0.717) is 0 Å². The van der Waals surface area contributed by atoms with Crippen LogP contribution in [0.2, 0.25) is 0 Å². The molecule has 0 saturated heterocycles. The third-order valence-electron chi connectivity index (χ3n) is 1.85. The van der Waals surface area contributed by atoms with Crippen LogP contribution in [0.15, 0.2) is 0 Å². The van der Waals surface area contributed by atoms with Crippen molar-refractivity contribution in [1.29, 1.82) is 0 Å². The first kappa shape index (κ1) is 15.1. The summed E-state index contributed by atoms with van der Waals surface area (Å²) < 4.78 is 15.2. The summed E-state index contributed by atoms with van der Waals surface area (Å²) in [6, 6.07) is -1.33. The molecule has 8 heteroatoms. The third-order valence-corrected chi connectivity index (χ3v) is 2.32. The molecule has 1 unspecified atom stereocenters. The molecule has 7 nitrogen and oxygen atoms in total. The van der Waals surface area contributed by atoms with Gasteiger partial charge in [0.25, 0.3) is 0 Å². The quantitative estimate of drug-likeness (QED) is 0.574. The minimum Gasteiger partial charge on any atom is -0.480 e. The number of rotatable bonds is 6. The normalized spacial score (nSPS) is 16.6. The highest BCUT2D eigenvalue weighted by Gasteiger charge is 2.33. The van der Waals surface area contributed by atoms with Crippen molar-refractivity contribution < 1.29 is 28.7 Å². The zero-order chi connectivity index (χ0) is 12.9. The molecule has 94 valence electrons. The van der Waals surface area contributed by atoms with E-state index in [-0.39, 0.29) is 5.92 Å². The van der Waals surface area contributed by atoms with E-state index in [4.69, 9.17) is 10.00 Å². The number of aliphatic carboxylic acids is 1. The van der Waals surface area contributed by atoms with Crippen LogP contribution in [0.3, 0.4) is 0 Å². The Balaban J connectivity index is 4.86. The van der Waals surface area contributed by atoms with Gasteiger partial charge in [-0.3, -0.25) is 9.36 Å². The lowest BCUT2D eigenvalue weighted by molar-refractivity contribution is -0.145. The molecule has 0 radical (unpaired) electrons. The van der Waals surface area contributed by atoms with Crippen molar-refractivity contribution in [3.05, 3.63) is 0 Å². The van der Waals surface area contributed by atoms with Crippen molar-refractivity contribution in [2.24, 2.45) is 5.92 Å². The molecule has 0 aromatic carbocycles. The van der Waals surface area contributed by atoms with Gasteiger partial charge in [0.15, 0.2) is 6.04 Å². The molecule has 3 atom stereocenters. The SMILES string of the molecule is CC(=O)N[C@H](C(=O)O)[C@H](O[PH](=O)O)C(C)C. The van der Waals surface area contributed by atoms with Gasteiger partial charge >= 0.3 is 14.2 Å². The number of carboxylic acid groups (broad SMARTS) is 1. The van der Waals surface area contributed by atoms with Crippen LogP contribution in [0.5, 0.6) is 0 Å². The van der Waals surface area contributed by atoms with Crippen LogP contribution in [0, 0.1) is 5.92 Å². The van der Waals surface area contributed by atoms with Gasteiger partial charge in [-0.1, -0.05) is 13.8 Å². The number of hydrogen-bond donors (Lipinski definition) is 3. The highest BCUT2D eigenvalue weighted by molar-refractivity contribution is 7.32. The first-order chi connectivity index (χ1) is 7.25. The van der Waals surface area contributed by atoms with E-state index >= 15 is 0 Å². The second-order valence-electron chi connectivity index (χ2n) is 3.61. The largest absolute Gasteiger partial charge is 0.480 e. The fourth-order valence-corrected chi connectivity index (χ4v) is 1.85. The summed E-state index contributed by atoms with van der Waals surface area (Å²) in [6.07, 6.45) is -1.04. The summed E-state index contributed by atoms with van der Waals surface area (Å²) in [7, 11) is -3.26. The Bertz CT molecular complexity index is 292. The van der Waals surface area contributed by atoms with Crippen LogP contribution in [0.1, 0.15) is 20.8 Å². The maximum Gasteiger partial charge on any atom is 0.328 e. The van der Waals surface area contributed by atoms with Gasteiger partial charge < -0.3 is 19.8 Å². The first-order valence-corrected chi connectivity index (χ1v) is 5.91. The zero-order valence-electron chi connectivity index (χ0n) is 9.26. The lowest BCUT2D eigenvalue weighted by Crippen LogP contribution is -2.50. The van der Waals surface area contributed by atoms with E-state index in [0.717, 1.165) is 6.92 Å². The van der Waals surface area contributed by atoms with Crippen LogP contribution in [0.4, 0.5) is 0 Å². The Kier molecular flexibility index (Phi) is 6.25. The highest BCUT2D eigenvalue weighted by Crippen LogP contribution is 2.24. The Labute approximate surface area is 93.7 Å². The summed E-state index contributed by atoms with van der Waals surface area (Å²) in [5.74, 6) is -2.18. The molecule has 0 spiro atoms. The fourth-order valence-electron chi connectivity index (χ4n) is 1.21. The monoisotopic (exact) mass is 253 g/mol. The molecule has 3 N–H and O–H groups in total. The van der Waals surface area contributed by atoms with Gasteiger partial charge in [0.2, 0.25) is 5.91 Å². The number of nitrogens with one attached hydrogen (secondary N) is 1. The van der Waals surface area contributed by atoms with E-state index < -0.39 is 32.3 Å². The molecule has 0 aromatic heterocycles. The van der Waals surface area contributed by atoms with Crippen LogP contribution in [-0.2, 0) is 18.7 Å². The van der Waals surface area contributed by atoms with Crippen molar-refractivity contribution in [3.63, 3.8) is 0 Å². The molecule has 0 saturated carbocycles. The topological polar surface area (TPSA) is 113 Å². The first-order valence-electron chi connectivity index (χ1n) is 4.65. The minimum absolute atomic E-state index is 0.325. The Morgan fingerprint density at radius 3 is 2.12 bits per heavy atom. The average molecular weight is 253 g/mol. The molecule has 0 fully saturated rings. The van der Waals surface area contributed by atoms with Crippen LogP contribution in [0.25, 0.3) is 0 Å².